The fourth-order valence-electron chi connectivity index (χ4n) is 2.76. The monoisotopic (exact) mass is 255 g/mol. The number of hydrogen-bond donors (Lipinski definition) is 2. The summed E-state index contributed by atoms with van der Waals surface area (Å²) >= 11 is 0. The number of aliphatic carboxylic acids is 1. The molecule has 104 valence electrons. The maximum absolute atomic E-state index is 12.0. The highest BCUT2D eigenvalue weighted by molar-refractivity contribution is 5.83. The number of carboxylic acid groups (broad SMARTS) is 1. The lowest BCUT2D eigenvalue weighted by Crippen LogP contribution is -2.37. The van der Waals surface area contributed by atoms with Crippen molar-refractivity contribution in [2.75, 3.05) is 6.54 Å². The molecule has 0 heterocycles. The molecule has 0 saturated heterocycles. The summed E-state index contributed by atoms with van der Waals surface area (Å²) in [6.45, 7) is 3.80. The molecule has 1 unspecified atom stereocenters. The Kier molecular flexibility index (Phi) is 6.16. The highest BCUT2D eigenvalue weighted by Crippen LogP contribution is 2.31. The fraction of sp³-hybridized carbons (Fsp3) is 0.857. The second kappa shape index (κ2) is 7.39. The summed E-state index contributed by atoms with van der Waals surface area (Å²) in [7, 11) is 0. The van der Waals surface area contributed by atoms with E-state index >= 15 is 0 Å². The lowest BCUT2D eigenvalue weighted by molar-refractivity contribution is -0.139. The van der Waals surface area contributed by atoms with E-state index in [9.17, 15) is 9.59 Å². The van der Waals surface area contributed by atoms with Crippen LogP contribution in [0.15, 0.2) is 0 Å². The van der Waals surface area contributed by atoms with Crippen molar-refractivity contribution in [3.63, 3.8) is 0 Å². The molecule has 0 aromatic rings. The van der Waals surface area contributed by atoms with Gasteiger partial charge in [0.25, 0.3) is 0 Å². The van der Waals surface area contributed by atoms with Gasteiger partial charge in [-0.25, -0.2) is 0 Å². The summed E-state index contributed by atoms with van der Waals surface area (Å²) in [5, 5.41) is 11.1. The Labute approximate surface area is 109 Å². The van der Waals surface area contributed by atoms with Crippen molar-refractivity contribution in [2.45, 2.75) is 52.4 Å². The van der Waals surface area contributed by atoms with Crippen molar-refractivity contribution in [2.24, 2.45) is 17.8 Å². The molecule has 0 spiro atoms. The van der Waals surface area contributed by atoms with Gasteiger partial charge in [-0.2, -0.15) is 0 Å². The molecule has 1 amide bonds. The van der Waals surface area contributed by atoms with E-state index in [4.69, 9.17) is 5.11 Å². The van der Waals surface area contributed by atoms with Gasteiger partial charge in [0.1, 0.15) is 6.54 Å². The van der Waals surface area contributed by atoms with Gasteiger partial charge < -0.3 is 10.4 Å². The molecule has 1 aliphatic carbocycles. The van der Waals surface area contributed by atoms with Crippen LogP contribution >= 0.6 is 0 Å². The summed E-state index contributed by atoms with van der Waals surface area (Å²) in [6.07, 6.45) is 7.19. The Balaban J connectivity index is 2.47. The average Bonchev–Trinajstić information content (AvgIpc) is 2.34. The molecule has 0 aromatic carbocycles. The summed E-state index contributed by atoms with van der Waals surface area (Å²) in [5.74, 6) is -0.226. The van der Waals surface area contributed by atoms with Crippen LogP contribution in [0.5, 0.6) is 0 Å². The molecule has 0 aromatic heterocycles. The minimum Gasteiger partial charge on any atom is -0.480 e. The maximum Gasteiger partial charge on any atom is 0.322 e. The van der Waals surface area contributed by atoms with Crippen molar-refractivity contribution >= 4 is 11.9 Å². The minimum atomic E-state index is -0.983. The summed E-state index contributed by atoms with van der Waals surface area (Å²) in [5.41, 5.74) is 0. The molecule has 2 N–H and O–H groups in total. The molecule has 1 fully saturated rings. The zero-order chi connectivity index (χ0) is 13.5. The number of hydrogen-bond acceptors (Lipinski definition) is 2. The van der Waals surface area contributed by atoms with E-state index in [-0.39, 0.29) is 24.3 Å². The third-order valence-electron chi connectivity index (χ3n) is 3.87. The minimum absolute atomic E-state index is 0.0487. The van der Waals surface area contributed by atoms with Crippen molar-refractivity contribution in [1.29, 1.82) is 0 Å². The fourth-order valence-corrected chi connectivity index (χ4v) is 2.76. The first-order valence-corrected chi connectivity index (χ1v) is 7.00. The van der Waals surface area contributed by atoms with Gasteiger partial charge in [0.15, 0.2) is 0 Å². The molecule has 1 saturated carbocycles. The molecule has 1 aliphatic rings. The molecule has 1 rings (SSSR count). The Hall–Kier alpha value is -1.06. The van der Waals surface area contributed by atoms with Gasteiger partial charge in [-0.1, -0.05) is 46.0 Å². The van der Waals surface area contributed by atoms with Gasteiger partial charge in [-0.05, 0) is 18.3 Å². The normalized spacial score (nSPS) is 18.6. The lowest BCUT2D eigenvalue weighted by atomic mass is 9.79. The topological polar surface area (TPSA) is 66.4 Å². The van der Waals surface area contributed by atoms with E-state index in [2.05, 4.69) is 5.32 Å². The molecule has 0 radical (unpaired) electrons. The summed E-state index contributed by atoms with van der Waals surface area (Å²) in [4.78, 5) is 22.5. The van der Waals surface area contributed by atoms with E-state index < -0.39 is 5.97 Å². The maximum atomic E-state index is 12.0. The Bertz CT molecular complexity index is 283. The number of amides is 1. The van der Waals surface area contributed by atoms with Gasteiger partial charge in [-0.15, -0.1) is 0 Å². The molecule has 0 bridgehead atoms. The summed E-state index contributed by atoms with van der Waals surface area (Å²) < 4.78 is 0. The third-order valence-corrected chi connectivity index (χ3v) is 3.87. The zero-order valence-corrected chi connectivity index (χ0v) is 11.4. The Morgan fingerprint density at radius 1 is 1.22 bits per heavy atom. The molecule has 18 heavy (non-hydrogen) atoms. The van der Waals surface area contributed by atoms with Crippen LogP contribution in [-0.4, -0.2) is 23.5 Å². The van der Waals surface area contributed by atoms with Crippen LogP contribution in [0.2, 0.25) is 0 Å². The zero-order valence-electron chi connectivity index (χ0n) is 11.4. The van der Waals surface area contributed by atoms with Gasteiger partial charge in [0.2, 0.25) is 5.91 Å². The largest absolute Gasteiger partial charge is 0.480 e. The van der Waals surface area contributed by atoms with Crippen LogP contribution in [0.25, 0.3) is 0 Å². The Morgan fingerprint density at radius 2 is 1.83 bits per heavy atom. The molecule has 4 nitrogen and oxygen atoms in total. The molecule has 1 atom stereocenters. The third kappa shape index (κ3) is 5.07. The van der Waals surface area contributed by atoms with E-state index in [1.54, 1.807) is 0 Å². The SMILES string of the molecule is CC(C)C(CC1CCCCC1)C(=O)NCC(=O)O. The Morgan fingerprint density at radius 3 is 2.33 bits per heavy atom. The predicted octanol–water partition coefficient (Wildman–Crippen LogP) is 2.43. The van der Waals surface area contributed by atoms with E-state index in [1.807, 2.05) is 13.8 Å². The van der Waals surface area contributed by atoms with Gasteiger partial charge in [-0.3, -0.25) is 9.59 Å². The first-order chi connectivity index (χ1) is 8.50. The molecule has 0 aliphatic heterocycles. The lowest BCUT2D eigenvalue weighted by Gasteiger charge is -2.27. The van der Waals surface area contributed by atoms with Crippen molar-refractivity contribution < 1.29 is 14.7 Å². The summed E-state index contributed by atoms with van der Waals surface area (Å²) in [6, 6.07) is 0. The highest BCUT2D eigenvalue weighted by Gasteiger charge is 2.26. The molecular formula is C14H25NO3. The van der Waals surface area contributed by atoms with Gasteiger partial charge in [0, 0.05) is 5.92 Å². The average molecular weight is 255 g/mol. The van der Waals surface area contributed by atoms with Crippen LogP contribution < -0.4 is 5.32 Å². The number of rotatable bonds is 6. The standard InChI is InChI=1S/C14H25NO3/c1-10(2)12(14(18)15-9-13(16)17)8-11-6-4-3-5-7-11/h10-12H,3-9H2,1-2H3,(H,15,18)(H,16,17). The van der Waals surface area contributed by atoms with Crippen molar-refractivity contribution in [3.8, 4) is 0 Å². The predicted molar refractivity (Wildman–Crippen MR) is 70.2 cm³/mol. The van der Waals surface area contributed by atoms with Gasteiger partial charge in [0.05, 0.1) is 0 Å². The number of carbonyl (C=O) groups is 2. The molecule has 4 heteroatoms. The second-order valence-electron chi connectivity index (χ2n) is 5.70. The quantitative estimate of drug-likeness (QED) is 0.766. The first kappa shape index (κ1) is 15.0. The second-order valence-corrected chi connectivity index (χ2v) is 5.70. The number of carbonyl (C=O) groups excluding carboxylic acids is 1. The van der Waals surface area contributed by atoms with E-state index in [0.29, 0.717) is 5.92 Å². The van der Waals surface area contributed by atoms with Crippen LogP contribution in [0.3, 0.4) is 0 Å². The van der Waals surface area contributed by atoms with Crippen molar-refractivity contribution in [3.05, 3.63) is 0 Å². The first-order valence-electron chi connectivity index (χ1n) is 7.00. The van der Waals surface area contributed by atoms with E-state index in [0.717, 1.165) is 6.42 Å². The van der Waals surface area contributed by atoms with Crippen molar-refractivity contribution in [1.82, 2.24) is 5.32 Å². The van der Waals surface area contributed by atoms with Crippen LogP contribution in [0.4, 0.5) is 0 Å². The number of nitrogens with one attached hydrogen (secondary N) is 1. The van der Waals surface area contributed by atoms with Crippen LogP contribution in [0.1, 0.15) is 52.4 Å². The van der Waals surface area contributed by atoms with Crippen LogP contribution in [-0.2, 0) is 9.59 Å². The number of carboxylic acids is 1. The molecular weight excluding hydrogens is 230 g/mol. The van der Waals surface area contributed by atoms with Gasteiger partial charge >= 0.3 is 5.97 Å². The highest BCUT2D eigenvalue weighted by atomic mass is 16.4. The smallest absolute Gasteiger partial charge is 0.322 e. The van der Waals surface area contributed by atoms with E-state index in [1.165, 1.54) is 32.1 Å². The van der Waals surface area contributed by atoms with Crippen LogP contribution in [0, 0.1) is 17.8 Å².